The standard InChI is InChI=1S/C15H22N4/c1-5-6-8-12-9-7-10-13(16-12)14-17-15(11(2)3)19(4)18-14/h7,9-11H,5-6,8H2,1-4H3. The van der Waals surface area contributed by atoms with E-state index in [2.05, 4.69) is 41.9 Å². The van der Waals surface area contributed by atoms with Crippen molar-refractivity contribution in [3.05, 3.63) is 29.7 Å². The van der Waals surface area contributed by atoms with Gasteiger partial charge in [0.2, 0.25) is 0 Å². The second kappa shape index (κ2) is 5.95. The van der Waals surface area contributed by atoms with Crippen LogP contribution in [0, 0.1) is 0 Å². The molecule has 4 nitrogen and oxygen atoms in total. The summed E-state index contributed by atoms with van der Waals surface area (Å²) in [5, 5.41) is 4.47. The molecule has 4 heteroatoms. The van der Waals surface area contributed by atoms with Crippen molar-refractivity contribution in [2.75, 3.05) is 0 Å². The molecule has 0 aliphatic heterocycles. The minimum Gasteiger partial charge on any atom is -0.252 e. The third kappa shape index (κ3) is 3.19. The molecule has 0 bridgehead atoms. The molecule has 2 aromatic rings. The van der Waals surface area contributed by atoms with Crippen LogP contribution < -0.4 is 0 Å². The molecule has 0 amide bonds. The molecular formula is C15H22N4. The zero-order valence-electron chi connectivity index (χ0n) is 12.2. The molecule has 19 heavy (non-hydrogen) atoms. The summed E-state index contributed by atoms with van der Waals surface area (Å²) in [4.78, 5) is 9.25. The van der Waals surface area contributed by atoms with Gasteiger partial charge >= 0.3 is 0 Å². The molecule has 0 atom stereocenters. The number of hydrogen-bond acceptors (Lipinski definition) is 3. The molecule has 2 rings (SSSR count). The Hall–Kier alpha value is -1.71. The highest BCUT2D eigenvalue weighted by Crippen LogP contribution is 2.18. The van der Waals surface area contributed by atoms with Crippen molar-refractivity contribution in [2.24, 2.45) is 7.05 Å². The average molecular weight is 258 g/mol. The lowest BCUT2D eigenvalue weighted by Crippen LogP contribution is -2.00. The van der Waals surface area contributed by atoms with Gasteiger partial charge in [-0.25, -0.2) is 9.97 Å². The minimum absolute atomic E-state index is 0.370. The summed E-state index contributed by atoms with van der Waals surface area (Å²) in [6, 6.07) is 6.10. The maximum atomic E-state index is 4.66. The van der Waals surface area contributed by atoms with E-state index in [0.29, 0.717) is 5.92 Å². The zero-order valence-corrected chi connectivity index (χ0v) is 12.2. The zero-order chi connectivity index (χ0) is 13.8. The Morgan fingerprint density at radius 1 is 1.21 bits per heavy atom. The average Bonchev–Trinajstić information content (AvgIpc) is 2.79. The SMILES string of the molecule is CCCCc1cccc(-c2nc(C(C)C)n(C)n2)n1. The summed E-state index contributed by atoms with van der Waals surface area (Å²) in [7, 11) is 1.94. The fourth-order valence-electron chi connectivity index (χ4n) is 2.11. The van der Waals surface area contributed by atoms with Crippen molar-refractivity contribution in [3.63, 3.8) is 0 Å². The van der Waals surface area contributed by atoms with Gasteiger partial charge in [-0.1, -0.05) is 33.3 Å². The monoisotopic (exact) mass is 258 g/mol. The van der Waals surface area contributed by atoms with E-state index >= 15 is 0 Å². The second-order valence-corrected chi connectivity index (χ2v) is 5.19. The van der Waals surface area contributed by atoms with Gasteiger partial charge in [0.05, 0.1) is 0 Å². The minimum atomic E-state index is 0.370. The molecule has 2 aromatic heterocycles. The van der Waals surface area contributed by atoms with E-state index in [1.54, 1.807) is 0 Å². The van der Waals surface area contributed by atoms with Crippen LogP contribution in [0.4, 0.5) is 0 Å². The van der Waals surface area contributed by atoms with Crippen molar-refractivity contribution in [2.45, 2.75) is 46.0 Å². The lowest BCUT2D eigenvalue weighted by molar-refractivity contribution is 0.655. The molecule has 0 saturated carbocycles. The first-order chi connectivity index (χ1) is 9.11. The van der Waals surface area contributed by atoms with Gasteiger partial charge in [-0.2, -0.15) is 0 Å². The summed E-state index contributed by atoms with van der Waals surface area (Å²) in [5.74, 6) is 2.09. The molecule has 0 saturated heterocycles. The molecule has 0 radical (unpaired) electrons. The third-order valence-electron chi connectivity index (χ3n) is 3.14. The predicted octanol–water partition coefficient (Wildman–Crippen LogP) is 3.34. The number of unbranched alkanes of at least 4 members (excludes halogenated alkanes) is 1. The third-order valence-corrected chi connectivity index (χ3v) is 3.14. The number of aromatic nitrogens is 4. The van der Waals surface area contributed by atoms with Crippen LogP contribution in [0.2, 0.25) is 0 Å². The van der Waals surface area contributed by atoms with Crippen LogP contribution in [0.15, 0.2) is 18.2 Å². The van der Waals surface area contributed by atoms with Gasteiger partial charge in [-0.05, 0) is 25.0 Å². The van der Waals surface area contributed by atoms with Crippen molar-refractivity contribution < 1.29 is 0 Å². The number of rotatable bonds is 5. The highest BCUT2D eigenvalue weighted by atomic mass is 15.3. The smallest absolute Gasteiger partial charge is 0.200 e. The van der Waals surface area contributed by atoms with Gasteiger partial charge in [-0.15, -0.1) is 5.10 Å². The van der Waals surface area contributed by atoms with E-state index in [0.717, 1.165) is 29.5 Å². The quantitative estimate of drug-likeness (QED) is 0.826. The largest absolute Gasteiger partial charge is 0.252 e. The van der Waals surface area contributed by atoms with Crippen LogP contribution in [0.5, 0.6) is 0 Å². The van der Waals surface area contributed by atoms with Crippen molar-refractivity contribution in [1.82, 2.24) is 19.7 Å². The van der Waals surface area contributed by atoms with Crippen molar-refractivity contribution in [1.29, 1.82) is 0 Å². The summed E-state index contributed by atoms with van der Waals surface area (Å²) in [5.41, 5.74) is 1.99. The molecule has 0 aliphatic rings. The Balaban J connectivity index is 2.28. The van der Waals surface area contributed by atoms with E-state index < -0.39 is 0 Å². The van der Waals surface area contributed by atoms with Crippen molar-refractivity contribution in [3.8, 4) is 11.5 Å². The summed E-state index contributed by atoms with van der Waals surface area (Å²) >= 11 is 0. The molecule has 0 aliphatic carbocycles. The fourth-order valence-corrected chi connectivity index (χ4v) is 2.11. The van der Waals surface area contributed by atoms with Gasteiger partial charge in [0.1, 0.15) is 11.5 Å². The Bertz CT molecular complexity index is 543. The molecule has 0 N–H and O–H groups in total. The summed E-state index contributed by atoms with van der Waals surface area (Å²) < 4.78 is 1.85. The van der Waals surface area contributed by atoms with E-state index in [4.69, 9.17) is 0 Å². The lowest BCUT2D eigenvalue weighted by atomic mass is 10.2. The Morgan fingerprint density at radius 3 is 2.63 bits per heavy atom. The summed E-state index contributed by atoms with van der Waals surface area (Å²) in [6.45, 7) is 6.44. The van der Waals surface area contributed by atoms with Crippen molar-refractivity contribution >= 4 is 0 Å². The molecule has 0 aromatic carbocycles. The molecule has 2 heterocycles. The molecular weight excluding hydrogens is 236 g/mol. The molecule has 0 unspecified atom stereocenters. The van der Waals surface area contributed by atoms with Gasteiger partial charge in [-0.3, -0.25) is 4.68 Å². The van der Waals surface area contributed by atoms with E-state index in [-0.39, 0.29) is 0 Å². The fraction of sp³-hybridized carbons (Fsp3) is 0.533. The van der Waals surface area contributed by atoms with Gasteiger partial charge in [0.25, 0.3) is 0 Å². The van der Waals surface area contributed by atoms with Crippen LogP contribution in [0.25, 0.3) is 11.5 Å². The van der Waals surface area contributed by atoms with E-state index in [9.17, 15) is 0 Å². The topological polar surface area (TPSA) is 43.6 Å². The molecule has 0 fully saturated rings. The lowest BCUT2D eigenvalue weighted by Gasteiger charge is -2.01. The first-order valence-electron chi connectivity index (χ1n) is 6.99. The van der Waals surface area contributed by atoms with Gasteiger partial charge in [0, 0.05) is 18.7 Å². The second-order valence-electron chi connectivity index (χ2n) is 5.19. The molecule has 0 spiro atoms. The van der Waals surface area contributed by atoms with Crippen LogP contribution in [0.3, 0.4) is 0 Å². The summed E-state index contributed by atoms with van der Waals surface area (Å²) in [6.07, 6.45) is 3.38. The Kier molecular flexibility index (Phi) is 4.30. The number of aryl methyl sites for hydroxylation is 2. The maximum absolute atomic E-state index is 4.66. The first-order valence-corrected chi connectivity index (χ1v) is 6.99. The number of nitrogens with zero attached hydrogens (tertiary/aromatic N) is 4. The predicted molar refractivity (Wildman–Crippen MR) is 76.9 cm³/mol. The van der Waals surface area contributed by atoms with Gasteiger partial charge < -0.3 is 0 Å². The van der Waals surface area contributed by atoms with Crippen LogP contribution in [-0.2, 0) is 13.5 Å². The highest BCUT2D eigenvalue weighted by molar-refractivity contribution is 5.48. The Labute approximate surface area is 114 Å². The van der Waals surface area contributed by atoms with Crippen LogP contribution >= 0.6 is 0 Å². The van der Waals surface area contributed by atoms with Crippen LogP contribution in [-0.4, -0.2) is 19.7 Å². The number of pyridine rings is 1. The van der Waals surface area contributed by atoms with E-state index in [1.165, 1.54) is 12.8 Å². The van der Waals surface area contributed by atoms with Crippen LogP contribution in [0.1, 0.15) is 51.0 Å². The van der Waals surface area contributed by atoms with Gasteiger partial charge in [0.15, 0.2) is 5.82 Å². The Morgan fingerprint density at radius 2 is 2.00 bits per heavy atom. The normalized spacial score (nSPS) is 11.2. The van der Waals surface area contributed by atoms with E-state index in [1.807, 2.05) is 23.9 Å². The molecule has 102 valence electrons. The maximum Gasteiger partial charge on any atom is 0.200 e. The first kappa shape index (κ1) is 13.7. The highest BCUT2D eigenvalue weighted by Gasteiger charge is 2.13. The number of hydrogen-bond donors (Lipinski definition) is 0.